The molecule has 19 heavy (non-hydrogen) atoms. The van der Waals surface area contributed by atoms with Crippen LogP contribution < -0.4 is 5.32 Å². The number of likely N-dealkylation sites (N-methyl/N-ethyl adjacent to an activating group) is 1. The molecular formula is C15H28ClN3. The largest absolute Gasteiger partial charge is 0.314 e. The van der Waals surface area contributed by atoms with Crippen LogP contribution in [0.3, 0.4) is 0 Å². The van der Waals surface area contributed by atoms with E-state index in [1.807, 2.05) is 11.6 Å². The van der Waals surface area contributed by atoms with Gasteiger partial charge >= 0.3 is 0 Å². The highest BCUT2D eigenvalue weighted by Gasteiger charge is 2.18. The van der Waals surface area contributed by atoms with Crippen molar-refractivity contribution in [3.05, 3.63) is 16.4 Å². The molecule has 0 aliphatic heterocycles. The summed E-state index contributed by atoms with van der Waals surface area (Å²) in [7, 11) is 0. The topological polar surface area (TPSA) is 29.9 Å². The Labute approximate surface area is 122 Å². The second kappa shape index (κ2) is 7.91. The zero-order valence-corrected chi connectivity index (χ0v) is 13.7. The summed E-state index contributed by atoms with van der Waals surface area (Å²) in [5.41, 5.74) is 2.12. The number of halogens is 1. The van der Waals surface area contributed by atoms with Gasteiger partial charge in [-0.25, -0.2) is 0 Å². The fourth-order valence-corrected chi connectivity index (χ4v) is 2.69. The van der Waals surface area contributed by atoms with E-state index in [1.165, 1.54) is 18.5 Å². The number of hydrogen-bond donors (Lipinski definition) is 1. The summed E-state index contributed by atoms with van der Waals surface area (Å²) in [5, 5.41) is 8.92. The highest BCUT2D eigenvalue weighted by atomic mass is 35.5. The zero-order chi connectivity index (χ0) is 14.4. The molecule has 0 radical (unpaired) electrons. The molecule has 0 saturated carbocycles. The van der Waals surface area contributed by atoms with Crippen LogP contribution in [0.25, 0.3) is 0 Å². The van der Waals surface area contributed by atoms with E-state index in [1.54, 1.807) is 0 Å². The van der Waals surface area contributed by atoms with Crippen LogP contribution in [0, 0.1) is 12.8 Å². The predicted octanol–water partition coefficient (Wildman–Crippen LogP) is 3.82. The van der Waals surface area contributed by atoms with Gasteiger partial charge in [0.15, 0.2) is 0 Å². The molecular weight excluding hydrogens is 258 g/mol. The van der Waals surface area contributed by atoms with Crippen LogP contribution in [0.1, 0.15) is 51.9 Å². The quantitative estimate of drug-likeness (QED) is 0.787. The van der Waals surface area contributed by atoms with Gasteiger partial charge in [0.1, 0.15) is 0 Å². The number of hydrogen-bond acceptors (Lipinski definition) is 2. The lowest BCUT2D eigenvalue weighted by Crippen LogP contribution is -2.33. The summed E-state index contributed by atoms with van der Waals surface area (Å²) in [6, 6.07) is 0.485. The maximum absolute atomic E-state index is 6.40. The third-order valence-electron chi connectivity index (χ3n) is 3.77. The van der Waals surface area contributed by atoms with Gasteiger partial charge in [-0.2, -0.15) is 5.10 Å². The monoisotopic (exact) mass is 285 g/mol. The van der Waals surface area contributed by atoms with Crippen molar-refractivity contribution >= 4 is 11.6 Å². The van der Waals surface area contributed by atoms with Gasteiger partial charge in [-0.15, -0.1) is 0 Å². The van der Waals surface area contributed by atoms with Crippen molar-refractivity contribution in [2.45, 2.75) is 66.5 Å². The van der Waals surface area contributed by atoms with Crippen molar-refractivity contribution in [1.29, 1.82) is 0 Å². The first kappa shape index (κ1) is 16.5. The summed E-state index contributed by atoms with van der Waals surface area (Å²) < 4.78 is 2.04. The molecule has 110 valence electrons. The summed E-state index contributed by atoms with van der Waals surface area (Å²) in [6.07, 6.45) is 3.38. The standard InChI is InChI=1S/C15H28ClN3/c1-6-11(4)9-13(17-7-2)10-14-15(16)12(5)18-19(14)8-3/h11,13,17H,6-10H2,1-5H3. The van der Waals surface area contributed by atoms with Crippen molar-refractivity contribution in [3.8, 4) is 0 Å². The Balaban J connectivity index is 2.83. The molecule has 0 aliphatic rings. The summed E-state index contributed by atoms with van der Waals surface area (Å²) >= 11 is 6.40. The Morgan fingerprint density at radius 2 is 2.00 bits per heavy atom. The average molecular weight is 286 g/mol. The molecule has 3 nitrogen and oxygen atoms in total. The molecule has 1 N–H and O–H groups in total. The lowest BCUT2D eigenvalue weighted by molar-refractivity contribution is 0.390. The fourth-order valence-electron chi connectivity index (χ4n) is 2.48. The highest BCUT2D eigenvalue weighted by molar-refractivity contribution is 6.31. The van der Waals surface area contributed by atoms with Crippen LogP contribution in [0.4, 0.5) is 0 Å². The number of rotatable bonds is 8. The number of nitrogens with one attached hydrogen (secondary N) is 1. The molecule has 1 rings (SSSR count). The van der Waals surface area contributed by atoms with Crippen molar-refractivity contribution in [1.82, 2.24) is 15.1 Å². The van der Waals surface area contributed by atoms with Crippen molar-refractivity contribution in [3.63, 3.8) is 0 Å². The van der Waals surface area contributed by atoms with E-state index in [-0.39, 0.29) is 0 Å². The van der Waals surface area contributed by atoms with Gasteiger partial charge < -0.3 is 5.32 Å². The predicted molar refractivity (Wildman–Crippen MR) is 82.9 cm³/mol. The molecule has 0 spiro atoms. The van der Waals surface area contributed by atoms with Gasteiger partial charge in [0, 0.05) is 19.0 Å². The van der Waals surface area contributed by atoms with Gasteiger partial charge in [0.25, 0.3) is 0 Å². The van der Waals surface area contributed by atoms with E-state index < -0.39 is 0 Å². The van der Waals surface area contributed by atoms with E-state index in [0.29, 0.717) is 6.04 Å². The van der Waals surface area contributed by atoms with Crippen molar-refractivity contribution in [2.75, 3.05) is 6.54 Å². The first-order chi connectivity index (χ1) is 9.03. The maximum atomic E-state index is 6.40. The van der Waals surface area contributed by atoms with E-state index in [4.69, 9.17) is 11.6 Å². The summed E-state index contributed by atoms with van der Waals surface area (Å²) in [4.78, 5) is 0. The van der Waals surface area contributed by atoms with Crippen molar-refractivity contribution < 1.29 is 0 Å². The third-order valence-corrected chi connectivity index (χ3v) is 4.26. The van der Waals surface area contributed by atoms with Crippen LogP contribution in [-0.2, 0) is 13.0 Å². The third kappa shape index (κ3) is 4.50. The molecule has 0 bridgehead atoms. The van der Waals surface area contributed by atoms with E-state index in [9.17, 15) is 0 Å². The number of nitrogens with zero attached hydrogens (tertiary/aromatic N) is 2. The van der Waals surface area contributed by atoms with Gasteiger partial charge in [-0.1, -0.05) is 38.8 Å². The first-order valence-electron chi connectivity index (χ1n) is 7.48. The SMILES string of the molecule is CCNC(Cc1c(Cl)c(C)nn1CC)CC(C)CC. The highest BCUT2D eigenvalue weighted by Crippen LogP contribution is 2.23. The Bertz CT molecular complexity index is 387. The molecule has 1 aromatic rings. The van der Waals surface area contributed by atoms with Gasteiger partial charge in [-0.3, -0.25) is 4.68 Å². The van der Waals surface area contributed by atoms with E-state index in [2.05, 4.69) is 38.1 Å². The number of aromatic nitrogens is 2. The Morgan fingerprint density at radius 3 is 2.53 bits per heavy atom. The van der Waals surface area contributed by atoms with E-state index in [0.717, 1.165) is 36.1 Å². The van der Waals surface area contributed by atoms with Crippen LogP contribution >= 0.6 is 11.6 Å². The Morgan fingerprint density at radius 1 is 1.32 bits per heavy atom. The van der Waals surface area contributed by atoms with Crippen molar-refractivity contribution in [2.24, 2.45) is 5.92 Å². The Hall–Kier alpha value is -0.540. The van der Waals surface area contributed by atoms with E-state index >= 15 is 0 Å². The van der Waals surface area contributed by atoms with Gasteiger partial charge in [-0.05, 0) is 32.7 Å². The second-order valence-electron chi connectivity index (χ2n) is 5.37. The van der Waals surface area contributed by atoms with Gasteiger partial charge in [0.2, 0.25) is 0 Å². The normalized spacial score (nSPS) is 14.6. The van der Waals surface area contributed by atoms with Crippen LogP contribution in [0.5, 0.6) is 0 Å². The van der Waals surface area contributed by atoms with Gasteiger partial charge in [0.05, 0.1) is 16.4 Å². The lowest BCUT2D eigenvalue weighted by Gasteiger charge is -2.21. The minimum Gasteiger partial charge on any atom is -0.314 e. The molecule has 0 amide bonds. The molecule has 0 aromatic carbocycles. The zero-order valence-electron chi connectivity index (χ0n) is 13.0. The molecule has 4 heteroatoms. The smallest absolute Gasteiger partial charge is 0.0847 e. The summed E-state index contributed by atoms with van der Waals surface area (Å²) in [5.74, 6) is 0.738. The minimum atomic E-state index is 0.485. The fraction of sp³-hybridized carbons (Fsp3) is 0.800. The molecule has 2 atom stereocenters. The minimum absolute atomic E-state index is 0.485. The Kier molecular flexibility index (Phi) is 6.87. The molecule has 0 fully saturated rings. The van der Waals surface area contributed by atoms with Crippen LogP contribution in [0.15, 0.2) is 0 Å². The first-order valence-corrected chi connectivity index (χ1v) is 7.86. The molecule has 1 heterocycles. The number of aryl methyl sites for hydroxylation is 2. The molecule has 2 unspecified atom stereocenters. The second-order valence-corrected chi connectivity index (χ2v) is 5.75. The molecule has 0 aliphatic carbocycles. The lowest BCUT2D eigenvalue weighted by atomic mass is 9.96. The maximum Gasteiger partial charge on any atom is 0.0847 e. The molecule has 0 saturated heterocycles. The van der Waals surface area contributed by atoms with Crippen LogP contribution in [0.2, 0.25) is 5.02 Å². The van der Waals surface area contributed by atoms with Crippen LogP contribution in [-0.4, -0.2) is 22.4 Å². The molecule has 1 aromatic heterocycles. The average Bonchev–Trinajstić information content (AvgIpc) is 2.66. The summed E-state index contributed by atoms with van der Waals surface area (Å²) in [6.45, 7) is 12.7.